The smallest absolute Gasteiger partial charge is 0.314 e. The van der Waals surface area contributed by atoms with Gasteiger partial charge in [-0.05, 0) is 30.7 Å². The molecule has 2 aromatic rings. The summed E-state index contributed by atoms with van der Waals surface area (Å²) < 4.78 is 16.4. The van der Waals surface area contributed by atoms with Crippen LogP contribution in [0.25, 0.3) is 0 Å². The van der Waals surface area contributed by atoms with Crippen LogP contribution in [0.3, 0.4) is 0 Å². The Balaban J connectivity index is 1.88. The van der Waals surface area contributed by atoms with Crippen molar-refractivity contribution in [3.63, 3.8) is 0 Å². The molecule has 2 atom stereocenters. The lowest BCUT2D eigenvalue weighted by molar-refractivity contribution is -0.386. The number of Topliss-reactive ketones (excluding diaryl/α,β-unsaturated/α-hetero) is 1. The normalized spacial score (nSPS) is 20.4. The number of rotatable bonds is 5. The highest BCUT2D eigenvalue weighted by Crippen LogP contribution is 2.49. The summed E-state index contributed by atoms with van der Waals surface area (Å²) >= 11 is 0. The number of nitriles is 1. The molecule has 4 rings (SSSR count). The van der Waals surface area contributed by atoms with Gasteiger partial charge in [0.25, 0.3) is 0 Å². The molecule has 164 valence electrons. The maximum Gasteiger partial charge on any atom is 0.314 e. The van der Waals surface area contributed by atoms with Crippen LogP contribution in [0, 0.1) is 21.4 Å². The second-order valence-corrected chi connectivity index (χ2v) is 7.38. The zero-order chi connectivity index (χ0) is 23.0. The number of nitrogens with zero attached hydrogens (tertiary/aromatic N) is 2. The molecule has 1 aliphatic heterocycles. The van der Waals surface area contributed by atoms with Crippen LogP contribution in [0.1, 0.15) is 42.9 Å². The van der Waals surface area contributed by atoms with Crippen LogP contribution in [0.15, 0.2) is 57.7 Å². The monoisotopic (exact) mass is 437 g/mol. The van der Waals surface area contributed by atoms with Crippen molar-refractivity contribution in [1.82, 2.24) is 0 Å². The van der Waals surface area contributed by atoms with Crippen LogP contribution in [0.2, 0.25) is 0 Å². The van der Waals surface area contributed by atoms with Crippen LogP contribution in [0.4, 0.5) is 5.69 Å². The van der Waals surface area contributed by atoms with Crippen molar-refractivity contribution in [2.45, 2.75) is 31.6 Å². The fourth-order valence-corrected chi connectivity index (χ4v) is 4.15. The molecule has 1 aromatic carbocycles. The summed E-state index contributed by atoms with van der Waals surface area (Å²) in [6.07, 6.45) is 1.94. The molecule has 0 saturated carbocycles. The van der Waals surface area contributed by atoms with Gasteiger partial charge in [-0.1, -0.05) is 0 Å². The Morgan fingerprint density at radius 1 is 1.41 bits per heavy atom. The molecule has 0 amide bonds. The van der Waals surface area contributed by atoms with Crippen molar-refractivity contribution in [3.8, 4) is 17.6 Å². The van der Waals surface area contributed by atoms with E-state index in [9.17, 15) is 25.3 Å². The average Bonchev–Trinajstić information content (AvgIpc) is 3.29. The minimum atomic E-state index is -0.993. The van der Waals surface area contributed by atoms with Gasteiger partial charge in [-0.25, -0.2) is 0 Å². The number of ether oxygens (including phenoxy) is 2. The lowest BCUT2D eigenvalue weighted by Crippen LogP contribution is -2.29. The molecule has 2 aliphatic rings. The first-order chi connectivity index (χ1) is 15.3. The lowest BCUT2D eigenvalue weighted by atomic mass is 9.74. The number of benzene rings is 1. The number of phenols is 1. The van der Waals surface area contributed by atoms with E-state index in [1.807, 2.05) is 6.07 Å². The molecular weight excluding hydrogens is 418 g/mol. The highest BCUT2D eigenvalue weighted by molar-refractivity contribution is 6.00. The van der Waals surface area contributed by atoms with Gasteiger partial charge in [0.2, 0.25) is 11.6 Å². The van der Waals surface area contributed by atoms with Gasteiger partial charge in [0.15, 0.2) is 11.5 Å². The molecule has 2 heterocycles. The van der Waals surface area contributed by atoms with E-state index in [0.717, 1.165) is 6.07 Å². The van der Waals surface area contributed by atoms with Gasteiger partial charge in [0.05, 0.1) is 23.7 Å². The van der Waals surface area contributed by atoms with E-state index in [1.54, 1.807) is 19.1 Å². The van der Waals surface area contributed by atoms with Crippen molar-refractivity contribution >= 4 is 11.5 Å². The van der Waals surface area contributed by atoms with E-state index < -0.39 is 22.3 Å². The number of hydrogen-bond donors (Lipinski definition) is 2. The van der Waals surface area contributed by atoms with Crippen LogP contribution >= 0.6 is 0 Å². The Bertz CT molecular complexity index is 1200. The number of nitrogens with two attached hydrogens (primary N) is 1. The van der Waals surface area contributed by atoms with Gasteiger partial charge in [-0.3, -0.25) is 14.9 Å². The summed E-state index contributed by atoms with van der Waals surface area (Å²) in [5.74, 6) is -1.57. The van der Waals surface area contributed by atoms with Gasteiger partial charge in [0, 0.05) is 30.4 Å². The van der Waals surface area contributed by atoms with Gasteiger partial charge in [0.1, 0.15) is 23.2 Å². The number of hydrogen-bond acceptors (Lipinski definition) is 9. The Hall–Kier alpha value is -4.26. The topological polar surface area (TPSA) is 162 Å². The third-order valence-corrected chi connectivity index (χ3v) is 5.51. The Kier molecular flexibility index (Phi) is 5.32. The predicted octanol–water partition coefficient (Wildman–Crippen LogP) is 3.50. The fraction of sp³-hybridized carbons (Fsp3) is 0.273. The van der Waals surface area contributed by atoms with Crippen molar-refractivity contribution in [2.24, 2.45) is 5.73 Å². The van der Waals surface area contributed by atoms with Crippen LogP contribution in [-0.4, -0.2) is 22.4 Å². The van der Waals surface area contributed by atoms with E-state index in [0.29, 0.717) is 12.2 Å². The molecule has 1 aromatic heterocycles. The summed E-state index contributed by atoms with van der Waals surface area (Å²) in [5, 5.41) is 31.5. The number of carbonyl (C=O) groups excluding carboxylic acids is 1. The minimum Gasteiger partial charge on any atom is -0.500 e. The maximum absolute atomic E-state index is 13.2. The molecular formula is C22H19N3O7. The number of nitro groups is 1. The van der Waals surface area contributed by atoms with Crippen molar-refractivity contribution in [2.75, 3.05) is 6.61 Å². The largest absolute Gasteiger partial charge is 0.500 e. The first-order valence-corrected chi connectivity index (χ1v) is 9.87. The predicted molar refractivity (Wildman–Crippen MR) is 109 cm³/mol. The molecule has 0 bridgehead atoms. The molecule has 2 unspecified atom stereocenters. The summed E-state index contributed by atoms with van der Waals surface area (Å²) in [7, 11) is 0. The molecule has 0 saturated heterocycles. The molecule has 10 nitrogen and oxygen atoms in total. The molecule has 10 heteroatoms. The molecule has 0 spiro atoms. The fourth-order valence-electron chi connectivity index (χ4n) is 4.15. The molecule has 3 N–H and O–H groups in total. The Morgan fingerprint density at radius 3 is 2.81 bits per heavy atom. The Morgan fingerprint density at radius 2 is 2.19 bits per heavy atom. The highest BCUT2D eigenvalue weighted by Gasteiger charge is 2.42. The minimum absolute atomic E-state index is 0.0454. The number of allylic oxidation sites excluding steroid dienone is 3. The molecule has 0 fully saturated rings. The summed E-state index contributed by atoms with van der Waals surface area (Å²) in [5.41, 5.74) is 5.79. The van der Waals surface area contributed by atoms with E-state index in [1.165, 1.54) is 12.3 Å². The first kappa shape index (κ1) is 21.0. The highest BCUT2D eigenvalue weighted by atomic mass is 16.6. The number of nitro benzene ring substituents is 1. The number of phenolic OH excluding ortho intramolecular Hbond substituents is 1. The van der Waals surface area contributed by atoms with Crippen LogP contribution < -0.4 is 10.5 Å². The standard InChI is InChI=1S/C22H19N3O7/c1-2-30-18-9-12(6-14(21(18)27)25(28)29)19-13(10-23)22(24)32-17-8-11(7-15(26)20(17)19)16-4-3-5-31-16/h3-6,9,11,19,27H,2,7-8,24H2,1H3. The van der Waals surface area contributed by atoms with E-state index in [2.05, 4.69) is 0 Å². The number of ketones is 1. The third-order valence-electron chi connectivity index (χ3n) is 5.51. The average molecular weight is 437 g/mol. The zero-order valence-corrected chi connectivity index (χ0v) is 17.0. The zero-order valence-electron chi connectivity index (χ0n) is 17.0. The second kappa shape index (κ2) is 8.11. The van der Waals surface area contributed by atoms with Gasteiger partial charge < -0.3 is 24.7 Å². The molecule has 0 radical (unpaired) electrons. The van der Waals surface area contributed by atoms with Crippen molar-refractivity contribution < 1.29 is 28.7 Å². The summed E-state index contributed by atoms with van der Waals surface area (Å²) in [4.78, 5) is 24.0. The lowest BCUT2D eigenvalue weighted by Gasteiger charge is -2.33. The first-order valence-electron chi connectivity index (χ1n) is 9.87. The second-order valence-electron chi connectivity index (χ2n) is 7.38. The quantitative estimate of drug-likeness (QED) is 0.526. The number of carbonyl (C=O) groups is 1. The SMILES string of the molecule is CCOc1cc(C2C(C#N)=C(N)OC3=C2C(=O)CC(c2ccco2)C3)cc([N+](=O)[O-])c1O. The van der Waals surface area contributed by atoms with E-state index in [-0.39, 0.29) is 58.8 Å². The van der Waals surface area contributed by atoms with E-state index in [4.69, 9.17) is 19.6 Å². The Labute approximate surface area is 182 Å². The summed E-state index contributed by atoms with van der Waals surface area (Å²) in [6.45, 7) is 1.80. The van der Waals surface area contributed by atoms with Crippen molar-refractivity contribution in [1.29, 1.82) is 5.26 Å². The maximum atomic E-state index is 13.2. The third kappa shape index (κ3) is 3.43. The number of furan rings is 1. The molecule has 1 aliphatic carbocycles. The van der Waals surface area contributed by atoms with Gasteiger partial charge in [-0.2, -0.15) is 5.26 Å². The van der Waals surface area contributed by atoms with Crippen molar-refractivity contribution in [3.05, 3.63) is 74.8 Å². The van der Waals surface area contributed by atoms with Gasteiger partial charge in [-0.15, -0.1) is 0 Å². The van der Waals surface area contributed by atoms with Crippen LogP contribution in [0.5, 0.6) is 11.5 Å². The van der Waals surface area contributed by atoms with Gasteiger partial charge >= 0.3 is 5.69 Å². The number of aromatic hydroxyl groups is 1. The van der Waals surface area contributed by atoms with Crippen LogP contribution in [-0.2, 0) is 9.53 Å². The molecule has 32 heavy (non-hydrogen) atoms. The summed E-state index contributed by atoms with van der Waals surface area (Å²) in [6, 6.07) is 7.95. The van der Waals surface area contributed by atoms with E-state index >= 15 is 0 Å².